The van der Waals surface area contributed by atoms with Crippen molar-refractivity contribution in [3.63, 3.8) is 0 Å². The van der Waals surface area contributed by atoms with Crippen molar-refractivity contribution in [2.75, 3.05) is 13.7 Å². The van der Waals surface area contributed by atoms with Gasteiger partial charge >= 0.3 is 7.51 Å². The lowest BCUT2D eigenvalue weighted by Gasteiger charge is -2.21. The SMILES string of the molecule is CC.CC.CC.CC.CN=P(C)(Oc1ccccc1)Oc1ccccc1. The Morgan fingerprint density at radius 2 is 0.846 bits per heavy atom. The van der Waals surface area contributed by atoms with Crippen LogP contribution in [-0.4, -0.2) is 13.7 Å². The average molecular weight is 382 g/mol. The highest BCUT2D eigenvalue weighted by Gasteiger charge is 2.16. The summed E-state index contributed by atoms with van der Waals surface area (Å²) in [6.45, 7) is 17.9. The van der Waals surface area contributed by atoms with Gasteiger partial charge in [0.25, 0.3) is 0 Å². The van der Waals surface area contributed by atoms with Crippen LogP contribution in [0.1, 0.15) is 55.4 Å². The van der Waals surface area contributed by atoms with Crippen molar-refractivity contribution < 1.29 is 9.05 Å². The van der Waals surface area contributed by atoms with Crippen LogP contribution in [0, 0.1) is 0 Å². The second-order valence-electron chi connectivity index (χ2n) is 3.81. The third-order valence-electron chi connectivity index (χ3n) is 2.40. The molecule has 0 heterocycles. The smallest absolute Gasteiger partial charge is 0.310 e. The standard InChI is InChI=1S/C14H16NO2P.4C2H6/c1-15-18(2,16-13-9-5-3-6-10-13)17-14-11-7-4-8-12-14;4*1-2/h3-12H,1-2H3;4*1-2H3. The highest BCUT2D eigenvalue weighted by Crippen LogP contribution is 2.47. The molecule has 0 bridgehead atoms. The van der Waals surface area contributed by atoms with Gasteiger partial charge in [0.2, 0.25) is 0 Å². The van der Waals surface area contributed by atoms with Gasteiger partial charge in [0.15, 0.2) is 0 Å². The van der Waals surface area contributed by atoms with Crippen LogP contribution < -0.4 is 9.05 Å². The molecule has 3 nitrogen and oxygen atoms in total. The molecule has 2 aromatic rings. The van der Waals surface area contributed by atoms with E-state index < -0.39 is 7.51 Å². The minimum Gasteiger partial charge on any atom is -0.430 e. The van der Waals surface area contributed by atoms with Gasteiger partial charge < -0.3 is 9.05 Å². The Bertz CT molecular complexity index is 497. The quantitative estimate of drug-likeness (QED) is 0.497. The van der Waals surface area contributed by atoms with E-state index in [0.717, 1.165) is 11.5 Å². The fraction of sp³-hybridized carbons (Fsp3) is 0.455. The Hall–Kier alpha value is -1.73. The van der Waals surface area contributed by atoms with E-state index in [1.54, 1.807) is 7.05 Å². The van der Waals surface area contributed by atoms with E-state index in [1.807, 2.05) is 123 Å². The van der Waals surface area contributed by atoms with Crippen LogP contribution in [0.4, 0.5) is 0 Å². The molecule has 0 atom stereocenters. The van der Waals surface area contributed by atoms with Crippen molar-refractivity contribution >= 4 is 7.51 Å². The molecule has 0 spiro atoms. The lowest BCUT2D eigenvalue weighted by atomic mass is 10.3. The summed E-state index contributed by atoms with van der Waals surface area (Å²) in [6, 6.07) is 19.2. The van der Waals surface area contributed by atoms with Crippen molar-refractivity contribution in [1.82, 2.24) is 0 Å². The molecule has 0 N–H and O–H groups in total. The summed E-state index contributed by atoms with van der Waals surface area (Å²) in [5, 5.41) is 0. The van der Waals surface area contributed by atoms with Gasteiger partial charge in [0.1, 0.15) is 11.5 Å². The summed E-state index contributed by atoms with van der Waals surface area (Å²) < 4.78 is 16.0. The first kappa shape index (κ1) is 29.0. The molecule has 0 aliphatic rings. The van der Waals surface area contributed by atoms with Gasteiger partial charge in [0.05, 0.1) is 0 Å². The van der Waals surface area contributed by atoms with E-state index >= 15 is 0 Å². The molecule has 0 aliphatic carbocycles. The maximum absolute atomic E-state index is 5.88. The zero-order valence-corrected chi connectivity index (χ0v) is 19.4. The molecule has 0 unspecified atom stereocenters. The van der Waals surface area contributed by atoms with Gasteiger partial charge in [-0.25, -0.2) is 4.74 Å². The lowest BCUT2D eigenvalue weighted by molar-refractivity contribution is 0.481. The van der Waals surface area contributed by atoms with Gasteiger partial charge in [0, 0.05) is 13.7 Å². The predicted molar refractivity (Wildman–Crippen MR) is 121 cm³/mol. The molecule has 2 aromatic carbocycles. The van der Waals surface area contributed by atoms with E-state index in [0.29, 0.717) is 0 Å². The molecule has 0 fully saturated rings. The largest absolute Gasteiger partial charge is 0.430 e. The van der Waals surface area contributed by atoms with E-state index in [1.165, 1.54) is 0 Å². The maximum Gasteiger partial charge on any atom is 0.310 e. The Kier molecular flexibility index (Phi) is 23.8. The Balaban J connectivity index is -0.000000585. The predicted octanol–water partition coefficient (Wildman–Crippen LogP) is 8.54. The number of nitrogens with zero attached hydrogens (tertiary/aromatic N) is 1. The van der Waals surface area contributed by atoms with Gasteiger partial charge in [-0.05, 0) is 24.3 Å². The van der Waals surface area contributed by atoms with E-state index in [9.17, 15) is 0 Å². The normalized spacial score (nSPS) is 8.38. The molecular weight excluding hydrogens is 341 g/mol. The van der Waals surface area contributed by atoms with E-state index in [-0.39, 0.29) is 0 Å². The van der Waals surface area contributed by atoms with E-state index in [4.69, 9.17) is 9.05 Å². The van der Waals surface area contributed by atoms with Crippen LogP contribution >= 0.6 is 7.51 Å². The number of hydrogen-bond acceptors (Lipinski definition) is 3. The molecule has 0 saturated carbocycles. The van der Waals surface area contributed by atoms with Crippen LogP contribution in [0.15, 0.2) is 65.4 Å². The summed E-state index contributed by atoms with van der Waals surface area (Å²) in [5.41, 5.74) is 0. The Labute approximate surface area is 163 Å². The summed E-state index contributed by atoms with van der Waals surface area (Å²) in [6.07, 6.45) is 0. The van der Waals surface area contributed by atoms with Crippen LogP contribution in [0.2, 0.25) is 0 Å². The summed E-state index contributed by atoms with van der Waals surface area (Å²) in [7, 11) is -0.547. The lowest BCUT2D eigenvalue weighted by Crippen LogP contribution is -1.99. The number of hydrogen-bond donors (Lipinski definition) is 0. The first-order valence-electron chi connectivity index (χ1n) is 9.69. The van der Waals surface area contributed by atoms with Crippen LogP contribution in [-0.2, 0) is 0 Å². The highest BCUT2D eigenvalue weighted by atomic mass is 31.2. The number of benzene rings is 2. The molecule has 0 saturated heterocycles. The summed E-state index contributed by atoms with van der Waals surface area (Å²) in [5.74, 6) is 1.55. The zero-order valence-electron chi connectivity index (χ0n) is 18.5. The molecule has 0 aliphatic heterocycles. The Morgan fingerprint density at radius 3 is 1.08 bits per heavy atom. The first-order valence-corrected chi connectivity index (χ1v) is 11.7. The molecular formula is C22H40NO2P. The average Bonchev–Trinajstić information content (AvgIpc) is 2.75. The highest BCUT2D eigenvalue weighted by molar-refractivity contribution is 7.56. The molecule has 4 heteroatoms. The van der Waals surface area contributed by atoms with Gasteiger partial charge in [-0.2, -0.15) is 0 Å². The fourth-order valence-corrected chi connectivity index (χ4v) is 2.68. The molecule has 0 amide bonds. The van der Waals surface area contributed by atoms with E-state index in [2.05, 4.69) is 4.74 Å². The third kappa shape index (κ3) is 13.5. The third-order valence-corrected chi connectivity index (χ3v) is 4.23. The van der Waals surface area contributed by atoms with Crippen molar-refractivity contribution in [2.24, 2.45) is 4.74 Å². The van der Waals surface area contributed by atoms with Crippen LogP contribution in [0.25, 0.3) is 0 Å². The second kappa shape index (κ2) is 21.3. The van der Waals surface area contributed by atoms with Crippen molar-refractivity contribution in [3.05, 3.63) is 60.7 Å². The molecule has 150 valence electrons. The maximum atomic E-state index is 5.88. The first-order chi connectivity index (χ1) is 12.7. The van der Waals surface area contributed by atoms with Crippen molar-refractivity contribution in [3.8, 4) is 11.5 Å². The number of para-hydroxylation sites is 2. The number of rotatable bonds is 4. The van der Waals surface area contributed by atoms with Crippen LogP contribution in [0.5, 0.6) is 11.5 Å². The minimum atomic E-state index is -2.27. The van der Waals surface area contributed by atoms with Gasteiger partial charge in [-0.3, -0.25) is 0 Å². The Morgan fingerprint density at radius 1 is 0.577 bits per heavy atom. The summed E-state index contributed by atoms with van der Waals surface area (Å²) >= 11 is 0. The van der Waals surface area contributed by atoms with Crippen LogP contribution in [0.3, 0.4) is 0 Å². The second-order valence-corrected chi connectivity index (χ2v) is 6.18. The topological polar surface area (TPSA) is 30.8 Å². The van der Waals surface area contributed by atoms with Gasteiger partial charge in [-0.1, -0.05) is 91.8 Å². The van der Waals surface area contributed by atoms with Gasteiger partial charge in [-0.15, -0.1) is 0 Å². The van der Waals surface area contributed by atoms with Crippen molar-refractivity contribution in [1.29, 1.82) is 0 Å². The molecule has 0 radical (unpaired) electrons. The molecule has 0 aromatic heterocycles. The minimum absolute atomic E-state index is 0.773. The van der Waals surface area contributed by atoms with Crippen molar-refractivity contribution in [2.45, 2.75) is 55.4 Å². The zero-order chi connectivity index (χ0) is 20.8. The molecule has 26 heavy (non-hydrogen) atoms. The summed E-state index contributed by atoms with van der Waals surface area (Å²) in [4.78, 5) is 0. The monoisotopic (exact) mass is 381 g/mol. The fourth-order valence-electron chi connectivity index (χ4n) is 1.45. The molecule has 2 rings (SSSR count).